The van der Waals surface area contributed by atoms with Crippen LogP contribution < -0.4 is 0 Å². The van der Waals surface area contributed by atoms with E-state index in [4.69, 9.17) is 5.26 Å². The Balaban J connectivity index is 2.95. The largest absolute Gasteiger partial charge is 0.293 e. The van der Waals surface area contributed by atoms with Crippen LogP contribution in [0.25, 0.3) is 0 Å². The molecular weight excluding hydrogens is 196 g/mol. The maximum Gasteiger partial charge on any atom is 0.0641 e. The van der Waals surface area contributed by atoms with E-state index in [1.165, 1.54) is 5.56 Å². The number of rotatable bonds is 5. The van der Waals surface area contributed by atoms with Crippen LogP contribution in [0.5, 0.6) is 0 Å². The molecule has 0 N–H and O–H groups in total. The molecule has 16 heavy (non-hydrogen) atoms. The summed E-state index contributed by atoms with van der Waals surface area (Å²) in [6, 6.07) is 13.3. The minimum absolute atomic E-state index is 0.219. The lowest BCUT2D eigenvalue weighted by molar-refractivity contribution is 0.164. The van der Waals surface area contributed by atoms with Crippen LogP contribution >= 0.6 is 0 Å². The highest BCUT2D eigenvalue weighted by Crippen LogP contribution is 2.25. The Hall–Kier alpha value is -1.33. The first kappa shape index (κ1) is 12.7. The van der Waals surface area contributed by atoms with Crippen LogP contribution in [0.3, 0.4) is 0 Å². The number of hydrogen-bond donors (Lipinski definition) is 0. The summed E-state index contributed by atoms with van der Waals surface area (Å²) in [4.78, 5) is 2.36. The summed E-state index contributed by atoms with van der Waals surface area (Å²) >= 11 is 0. The summed E-state index contributed by atoms with van der Waals surface area (Å²) in [5.74, 6) is 0. The zero-order valence-electron chi connectivity index (χ0n) is 10.4. The molecule has 0 radical (unpaired) electrons. The number of hydrogen-bond acceptors (Lipinski definition) is 2. The third-order valence-corrected chi connectivity index (χ3v) is 2.90. The standard InChI is InChI=1S/C14H20N2/c1-4-16(12(2)3)14(10-11-15)13-8-6-5-7-9-13/h5-9,12,14H,4,10H2,1-3H3. The fraction of sp³-hybridized carbons (Fsp3) is 0.500. The molecule has 1 rings (SSSR count). The van der Waals surface area contributed by atoms with Gasteiger partial charge in [0.1, 0.15) is 0 Å². The van der Waals surface area contributed by atoms with E-state index >= 15 is 0 Å². The molecule has 86 valence electrons. The van der Waals surface area contributed by atoms with Crippen LogP contribution in [0.4, 0.5) is 0 Å². The molecule has 0 aliphatic rings. The van der Waals surface area contributed by atoms with E-state index < -0.39 is 0 Å². The molecule has 2 nitrogen and oxygen atoms in total. The van der Waals surface area contributed by atoms with Crippen molar-refractivity contribution >= 4 is 0 Å². The Morgan fingerprint density at radius 3 is 2.31 bits per heavy atom. The molecule has 0 amide bonds. The van der Waals surface area contributed by atoms with Crippen molar-refractivity contribution in [1.29, 1.82) is 5.26 Å². The van der Waals surface area contributed by atoms with Crippen molar-refractivity contribution in [2.75, 3.05) is 6.54 Å². The first-order chi connectivity index (χ1) is 7.70. The van der Waals surface area contributed by atoms with Gasteiger partial charge in [0.15, 0.2) is 0 Å². The normalized spacial score (nSPS) is 12.8. The second kappa shape index (κ2) is 6.30. The highest BCUT2D eigenvalue weighted by Gasteiger charge is 2.20. The second-order valence-corrected chi connectivity index (χ2v) is 4.21. The van der Waals surface area contributed by atoms with Crippen LogP contribution in [0.1, 0.15) is 38.8 Å². The third kappa shape index (κ3) is 3.08. The average molecular weight is 216 g/mol. The van der Waals surface area contributed by atoms with Crippen LogP contribution in [-0.2, 0) is 0 Å². The van der Waals surface area contributed by atoms with Gasteiger partial charge in [0.25, 0.3) is 0 Å². The van der Waals surface area contributed by atoms with E-state index in [-0.39, 0.29) is 6.04 Å². The molecule has 1 aromatic rings. The van der Waals surface area contributed by atoms with E-state index in [2.05, 4.69) is 43.9 Å². The summed E-state index contributed by atoms with van der Waals surface area (Å²) in [7, 11) is 0. The Morgan fingerprint density at radius 1 is 1.25 bits per heavy atom. The number of nitrogens with zero attached hydrogens (tertiary/aromatic N) is 2. The van der Waals surface area contributed by atoms with Gasteiger partial charge in [-0.2, -0.15) is 5.26 Å². The SMILES string of the molecule is CCN(C(C)C)C(CC#N)c1ccccc1. The molecule has 0 fully saturated rings. The predicted octanol–water partition coefficient (Wildman–Crippen LogP) is 3.37. The maximum absolute atomic E-state index is 8.95. The van der Waals surface area contributed by atoms with E-state index in [0.29, 0.717) is 12.5 Å². The summed E-state index contributed by atoms with van der Waals surface area (Å²) in [6.45, 7) is 7.47. The van der Waals surface area contributed by atoms with E-state index in [9.17, 15) is 0 Å². The summed E-state index contributed by atoms with van der Waals surface area (Å²) in [5, 5.41) is 8.95. The molecule has 1 atom stereocenters. The van der Waals surface area contributed by atoms with Gasteiger partial charge in [0, 0.05) is 12.1 Å². The molecule has 0 saturated heterocycles. The molecular formula is C14H20N2. The highest BCUT2D eigenvalue weighted by molar-refractivity contribution is 5.20. The summed E-state index contributed by atoms with van der Waals surface area (Å²) in [5.41, 5.74) is 1.24. The molecule has 0 aromatic heterocycles. The minimum atomic E-state index is 0.219. The average Bonchev–Trinajstić information content (AvgIpc) is 2.29. The Labute approximate surface area is 98.5 Å². The Bertz CT molecular complexity index is 338. The van der Waals surface area contributed by atoms with Crippen molar-refractivity contribution < 1.29 is 0 Å². The lowest BCUT2D eigenvalue weighted by atomic mass is 10.0. The van der Waals surface area contributed by atoms with Gasteiger partial charge in [-0.05, 0) is 26.0 Å². The Morgan fingerprint density at radius 2 is 1.88 bits per heavy atom. The van der Waals surface area contributed by atoms with Crippen LogP contribution in [-0.4, -0.2) is 17.5 Å². The molecule has 0 aliphatic heterocycles. The van der Waals surface area contributed by atoms with E-state index in [1.807, 2.05) is 18.2 Å². The second-order valence-electron chi connectivity index (χ2n) is 4.21. The molecule has 0 spiro atoms. The van der Waals surface area contributed by atoms with Crippen molar-refractivity contribution in [3.05, 3.63) is 35.9 Å². The zero-order chi connectivity index (χ0) is 12.0. The first-order valence-corrected chi connectivity index (χ1v) is 5.88. The van der Waals surface area contributed by atoms with Crippen molar-refractivity contribution in [3.8, 4) is 6.07 Å². The lowest BCUT2D eigenvalue weighted by Crippen LogP contribution is -2.34. The van der Waals surface area contributed by atoms with Gasteiger partial charge < -0.3 is 0 Å². The third-order valence-electron chi connectivity index (χ3n) is 2.90. The van der Waals surface area contributed by atoms with Gasteiger partial charge in [0.05, 0.1) is 12.5 Å². The zero-order valence-corrected chi connectivity index (χ0v) is 10.4. The Kier molecular flexibility index (Phi) is 5.01. The molecule has 2 heteroatoms. The quantitative estimate of drug-likeness (QED) is 0.754. The van der Waals surface area contributed by atoms with Crippen molar-refractivity contribution in [2.24, 2.45) is 0 Å². The van der Waals surface area contributed by atoms with Crippen molar-refractivity contribution in [1.82, 2.24) is 4.90 Å². The summed E-state index contributed by atoms with van der Waals surface area (Å²) in [6.07, 6.45) is 0.552. The van der Waals surface area contributed by atoms with Gasteiger partial charge in [-0.1, -0.05) is 37.3 Å². The van der Waals surface area contributed by atoms with Gasteiger partial charge in [0.2, 0.25) is 0 Å². The van der Waals surface area contributed by atoms with Gasteiger partial charge in [-0.3, -0.25) is 4.90 Å². The molecule has 0 saturated carbocycles. The number of nitriles is 1. The van der Waals surface area contributed by atoms with E-state index in [0.717, 1.165) is 6.54 Å². The van der Waals surface area contributed by atoms with Gasteiger partial charge in [-0.25, -0.2) is 0 Å². The molecule has 1 unspecified atom stereocenters. The van der Waals surface area contributed by atoms with Crippen LogP contribution in [0.15, 0.2) is 30.3 Å². The first-order valence-electron chi connectivity index (χ1n) is 5.88. The summed E-state index contributed by atoms with van der Waals surface area (Å²) < 4.78 is 0. The topological polar surface area (TPSA) is 27.0 Å². The molecule has 0 aliphatic carbocycles. The maximum atomic E-state index is 8.95. The smallest absolute Gasteiger partial charge is 0.0641 e. The van der Waals surface area contributed by atoms with Crippen LogP contribution in [0.2, 0.25) is 0 Å². The van der Waals surface area contributed by atoms with Gasteiger partial charge in [-0.15, -0.1) is 0 Å². The number of benzene rings is 1. The van der Waals surface area contributed by atoms with Crippen molar-refractivity contribution in [3.63, 3.8) is 0 Å². The van der Waals surface area contributed by atoms with Gasteiger partial charge >= 0.3 is 0 Å². The predicted molar refractivity (Wildman–Crippen MR) is 66.9 cm³/mol. The lowest BCUT2D eigenvalue weighted by Gasteiger charge is -2.33. The van der Waals surface area contributed by atoms with Crippen molar-refractivity contribution in [2.45, 2.75) is 39.3 Å². The fourth-order valence-corrected chi connectivity index (χ4v) is 2.13. The minimum Gasteiger partial charge on any atom is -0.293 e. The van der Waals surface area contributed by atoms with E-state index in [1.54, 1.807) is 0 Å². The monoisotopic (exact) mass is 216 g/mol. The fourth-order valence-electron chi connectivity index (χ4n) is 2.13. The molecule has 0 bridgehead atoms. The van der Waals surface area contributed by atoms with Crippen LogP contribution in [0, 0.1) is 11.3 Å². The molecule has 1 aromatic carbocycles. The molecule has 0 heterocycles. The highest BCUT2D eigenvalue weighted by atomic mass is 15.2.